The van der Waals surface area contributed by atoms with Gasteiger partial charge in [0.25, 0.3) is 0 Å². The van der Waals surface area contributed by atoms with E-state index in [0.717, 1.165) is 0 Å². The molecule has 0 aliphatic carbocycles. The predicted octanol–water partition coefficient (Wildman–Crippen LogP) is 1.19. The number of oxime groups is 1. The molecule has 0 saturated carbocycles. The maximum absolute atomic E-state index is 8.14. The largest absolute Gasteiger partial charge is 0.410 e. The number of hydrogen-bond acceptors (Lipinski definition) is 5. The summed E-state index contributed by atoms with van der Waals surface area (Å²) in [7, 11) is 0. The molecule has 0 spiro atoms. The van der Waals surface area contributed by atoms with E-state index >= 15 is 0 Å². The van der Waals surface area contributed by atoms with Crippen LogP contribution in [0.25, 0.3) is 0 Å². The van der Waals surface area contributed by atoms with Crippen LogP contribution in [0.2, 0.25) is 0 Å². The quantitative estimate of drug-likeness (QED) is 0.400. The fourth-order valence-electron chi connectivity index (χ4n) is 0.342. The van der Waals surface area contributed by atoms with Crippen molar-refractivity contribution in [2.45, 2.75) is 0 Å². The van der Waals surface area contributed by atoms with E-state index in [-0.39, 0.29) is 0 Å². The summed E-state index contributed by atoms with van der Waals surface area (Å²) >= 11 is 2.60. The second kappa shape index (κ2) is 2.41. The Balaban J connectivity index is 2.56. The molecule has 0 aromatic rings. The average Bonchev–Trinajstić information content (AvgIpc) is 2.14. The number of rotatable bonds is 0. The highest BCUT2D eigenvalue weighted by atomic mass is 32.2. The molecule has 5 heteroatoms. The van der Waals surface area contributed by atoms with Gasteiger partial charge in [-0.1, -0.05) is 16.9 Å². The van der Waals surface area contributed by atoms with Crippen LogP contribution in [0, 0.1) is 5.41 Å². The Hall–Kier alpha value is -0.160. The maximum Gasteiger partial charge on any atom is 0.129 e. The Morgan fingerprint density at radius 1 is 1.75 bits per heavy atom. The first kappa shape index (κ1) is 5.97. The SMILES string of the molecule is N=C1SC/C(=N/O)S1. The molecule has 8 heavy (non-hydrogen) atoms. The Kier molecular flexibility index (Phi) is 1.80. The molecule has 1 aliphatic rings. The highest BCUT2D eigenvalue weighted by molar-refractivity contribution is 8.49. The van der Waals surface area contributed by atoms with Crippen LogP contribution in [-0.4, -0.2) is 20.4 Å². The smallest absolute Gasteiger partial charge is 0.129 e. The van der Waals surface area contributed by atoms with Gasteiger partial charge in [-0.05, 0) is 11.8 Å². The highest BCUT2D eigenvalue weighted by Gasteiger charge is 2.15. The molecule has 44 valence electrons. The minimum absolute atomic E-state index is 0.512. The molecule has 3 nitrogen and oxygen atoms in total. The molecule has 1 rings (SSSR count). The van der Waals surface area contributed by atoms with Crippen LogP contribution in [0.1, 0.15) is 0 Å². The van der Waals surface area contributed by atoms with Gasteiger partial charge in [0, 0.05) is 0 Å². The second-order valence-corrected chi connectivity index (χ2v) is 3.50. The molecule has 0 aromatic heterocycles. The van der Waals surface area contributed by atoms with E-state index in [2.05, 4.69) is 5.16 Å². The van der Waals surface area contributed by atoms with Gasteiger partial charge in [0.1, 0.15) is 9.42 Å². The Morgan fingerprint density at radius 3 is 2.75 bits per heavy atom. The van der Waals surface area contributed by atoms with Gasteiger partial charge in [0.05, 0.1) is 5.75 Å². The lowest BCUT2D eigenvalue weighted by molar-refractivity contribution is 0.320. The lowest BCUT2D eigenvalue weighted by Crippen LogP contribution is -1.85. The second-order valence-electron chi connectivity index (χ2n) is 1.17. The molecule has 1 heterocycles. The van der Waals surface area contributed by atoms with Gasteiger partial charge >= 0.3 is 0 Å². The predicted molar refractivity (Wildman–Crippen MR) is 37.0 cm³/mol. The lowest BCUT2D eigenvalue weighted by atomic mass is 10.9. The summed E-state index contributed by atoms with van der Waals surface area (Å²) in [5, 5.41) is 18.7. The van der Waals surface area contributed by atoms with Crippen molar-refractivity contribution < 1.29 is 5.21 Å². The van der Waals surface area contributed by atoms with Crippen LogP contribution in [-0.2, 0) is 0 Å². The highest BCUT2D eigenvalue weighted by Crippen LogP contribution is 2.26. The first-order chi connectivity index (χ1) is 3.83. The first-order valence-corrected chi connectivity index (χ1v) is 3.73. The van der Waals surface area contributed by atoms with Crippen LogP contribution in [0.4, 0.5) is 0 Å². The molecule has 0 aromatic carbocycles. The molecular weight excluding hydrogens is 144 g/mol. The minimum Gasteiger partial charge on any atom is -0.410 e. The average molecular weight is 148 g/mol. The van der Waals surface area contributed by atoms with E-state index in [0.29, 0.717) is 15.2 Å². The molecule has 0 amide bonds. The number of hydrogen-bond donors (Lipinski definition) is 2. The van der Waals surface area contributed by atoms with Gasteiger partial charge in [-0.25, -0.2) is 0 Å². The van der Waals surface area contributed by atoms with Crippen LogP contribution in [0.15, 0.2) is 5.16 Å². The van der Waals surface area contributed by atoms with Crippen molar-refractivity contribution >= 4 is 32.9 Å². The van der Waals surface area contributed by atoms with E-state index in [1.54, 1.807) is 0 Å². The van der Waals surface area contributed by atoms with Gasteiger partial charge in [0.2, 0.25) is 0 Å². The van der Waals surface area contributed by atoms with Crippen molar-refractivity contribution in [1.29, 1.82) is 5.41 Å². The maximum atomic E-state index is 8.14. The van der Waals surface area contributed by atoms with Crippen molar-refractivity contribution in [2.24, 2.45) is 5.16 Å². The molecular formula is C3H4N2OS2. The van der Waals surface area contributed by atoms with Crippen LogP contribution >= 0.6 is 23.5 Å². The normalized spacial score (nSPS) is 25.0. The number of thioether (sulfide) groups is 2. The summed E-state index contributed by atoms with van der Waals surface area (Å²) in [6.07, 6.45) is 0. The van der Waals surface area contributed by atoms with Gasteiger partial charge in [-0.3, -0.25) is 5.41 Å². The Morgan fingerprint density at radius 2 is 2.50 bits per heavy atom. The third-order valence-corrected chi connectivity index (χ3v) is 2.76. The molecule has 1 saturated heterocycles. The van der Waals surface area contributed by atoms with E-state index < -0.39 is 0 Å². The molecule has 0 bridgehead atoms. The summed E-state index contributed by atoms with van der Waals surface area (Å²) in [5.74, 6) is 0.653. The van der Waals surface area contributed by atoms with Crippen LogP contribution in [0.3, 0.4) is 0 Å². The monoisotopic (exact) mass is 148 g/mol. The van der Waals surface area contributed by atoms with Gasteiger partial charge in [-0.2, -0.15) is 0 Å². The third-order valence-electron chi connectivity index (χ3n) is 0.649. The van der Waals surface area contributed by atoms with E-state index in [9.17, 15) is 0 Å². The van der Waals surface area contributed by atoms with E-state index in [1.165, 1.54) is 23.5 Å². The summed E-state index contributed by atoms with van der Waals surface area (Å²) in [4.78, 5) is 0. The summed E-state index contributed by atoms with van der Waals surface area (Å²) in [5.41, 5.74) is 0. The van der Waals surface area contributed by atoms with Crippen LogP contribution < -0.4 is 0 Å². The van der Waals surface area contributed by atoms with Crippen molar-refractivity contribution in [3.8, 4) is 0 Å². The van der Waals surface area contributed by atoms with E-state index in [1.807, 2.05) is 0 Å². The molecule has 1 aliphatic heterocycles. The van der Waals surface area contributed by atoms with Crippen molar-refractivity contribution in [1.82, 2.24) is 0 Å². The Bertz CT molecular complexity index is 144. The molecule has 0 radical (unpaired) electrons. The minimum atomic E-state index is 0.512. The van der Waals surface area contributed by atoms with Gasteiger partial charge in [-0.15, -0.1) is 0 Å². The summed E-state index contributed by atoms with van der Waals surface area (Å²) in [6.45, 7) is 0. The number of nitrogens with zero attached hydrogens (tertiary/aromatic N) is 1. The topological polar surface area (TPSA) is 56.4 Å². The zero-order chi connectivity index (χ0) is 5.98. The Labute approximate surface area is 55.0 Å². The molecule has 1 fully saturated rings. The van der Waals surface area contributed by atoms with Gasteiger partial charge in [0.15, 0.2) is 0 Å². The molecule has 0 atom stereocenters. The van der Waals surface area contributed by atoms with Crippen molar-refractivity contribution in [3.05, 3.63) is 0 Å². The fourth-order valence-corrected chi connectivity index (χ4v) is 2.02. The van der Waals surface area contributed by atoms with Crippen molar-refractivity contribution in [3.63, 3.8) is 0 Å². The summed E-state index contributed by atoms with van der Waals surface area (Å²) in [6, 6.07) is 0. The molecule has 2 N–H and O–H groups in total. The first-order valence-electron chi connectivity index (χ1n) is 1.93. The zero-order valence-corrected chi connectivity index (χ0v) is 5.55. The van der Waals surface area contributed by atoms with Crippen LogP contribution in [0.5, 0.6) is 0 Å². The van der Waals surface area contributed by atoms with E-state index in [4.69, 9.17) is 10.6 Å². The summed E-state index contributed by atoms with van der Waals surface area (Å²) < 4.78 is 0.512. The zero-order valence-electron chi connectivity index (χ0n) is 3.92. The van der Waals surface area contributed by atoms with Crippen molar-refractivity contribution in [2.75, 3.05) is 5.75 Å². The third kappa shape index (κ3) is 1.16. The van der Waals surface area contributed by atoms with Gasteiger partial charge < -0.3 is 5.21 Å². The number of nitrogens with one attached hydrogen (secondary N) is 1. The standard InChI is InChI=1S/C3H4N2OS2/c4-3-7-1-2(5-6)8-3/h4,6H,1H2/b4-3?,5-2-. The lowest BCUT2D eigenvalue weighted by Gasteiger charge is -1.80. The molecule has 0 unspecified atom stereocenters. The fraction of sp³-hybridized carbons (Fsp3) is 0.333.